The lowest BCUT2D eigenvalue weighted by Gasteiger charge is -2.33. The smallest absolute Gasteiger partial charge is 0.244 e. The Hall–Kier alpha value is -3.07. The van der Waals surface area contributed by atoms with Crippen molar-refractivity contribution in [3.05, 3.63) is 59.7 Å². The van der Waals surface area contributed by atoms with E-state index in [1.807, 2.05) is 44.2 Å². The van der Waals surface area contributed by atoms with E-state index in [1.54, 1.807) is 32.2 Å². The van der Waals surface area contributed by atoms with Crippen LogP contribution in [0.15, 0.2) is 48.5 Å². The van der Waals surface area contributed by atoms with Crippen LogP contribution in [0.1, 0.15) is 63.5 Å². The standard InChI is InChI=1S/C28H39N3O5S/c1-20(2)25-15-8-9-16-26(25)31(37(5,34)35)19-27(32)30(18-22-11-10-14-24(17-22)36-4)21(3)28(33)29-23-12-6-7-13-23/h8-11,14-17,20-21,23H,6-7,12-13,18-19H2,1-5H3,(H,29,33). The summed E-state index contributed by atoms with van der Waals surface area (Å²) in [5.74, 6) is -0.00589. The molecular formula is C28H39N3O5S. The SMILES string of the molecule is COc1cccc(CN(C(=O)CN(c2ccccc2C(C)C)S(C)(=O)=O)C(C)C(=O)NC2CCCC2)c1. The van der Waals surface area contributed by atoms with Crippen molar-refractivity contribution in [2.75, 3.05) is 24.2 Å². The van der Waals surface area contributed by atoms with E-state index in [0.29, 0.717) is 11.4 Å². The van der Waals surface area contributed by atoms with E-state index in [9.17, 15) is 18.0 Å². The summed E-state index contributed by atoms with van der Waals surface area (Å²) in [4.78, 5) is 28.5. The van der Waals surface area contributed by atoms with E-state index < -0.39 is 28.5 Å². The van der Waals surface area contributed by atoms with Gasteiger partial charge in [-0.25, -0.2) is 8.42 Å². The van der Waals surface area contributed by atoms with Crippen molar-refractivity contribution in [1.29, 1.82) is 0 Å². The van der Waals surface area contributed by atoms with Crippen LogP contribution < -0.4 is 14.4 Å². The maximum absolute atomic E-state index is 13.8. The van der Waals surface area contributed by atoms with Crippen LogP contribution in [0.25, 0.3) is 0 Å². The van der Waals surface area contributed by atoms with Crippen LogP contribution in [0.2, 0.25) is 0 Å². The lowest BCUT2D eigenvalue weighted by Crippen LogP contribution is -2.52. The zero-order chi connectivity index (χ0) is 27.2. The predicted molar refractivity (Wildman–Crippen MR) is 146 cm³/mol. The number of carbonyl (C=O) groups is 2. The highest BCUT2D eigenvalue weighted by Crippen LogP contribution is 2.29. The first kappa shape index (κ1) is 28.5. The van der Waals surface area contributed by atoms with Gasteiger partial charge >= 0.3 is 0 Å². The van der Waals surface area contributed by atoms with Gasteiger partial charge in [-0.2, -0.15) is 0 Å². The fraction of sp³-hybridized carbons (Fsp3) is 0.500. The number of nitrogens with one attached hydrogen (secondary N) is 1. The highest BCUT2D eigenvalue weighted by molar-refractivity contribution is 7.92. The monoisotopic (exact) mass is 529 g/mol. The van der Waals surface area contributed by atoms with E-state index in [-0.39, 0.29) is 24.4 Å². The number of hydrogen-bond acceptors (Lipinski definition) is 5. The molecule has 8 nitrogen and oxygen atoms in total. The van der Waals surface area contributed by atoms with Gasteiger partial charge < -0.3 is 15.0 Å². The Balaban J connectivity index is 1.94. The second-order valence-electron chi connectivity index (χ2n) is 10.0. The summed E-state index contributed by atoms with van der Waals surface area (Å²) in [7, 11) is -2.22. The van der Waals surface area contributed by atoms with Gasteiger partial charge in [-0.3, -0.25) is 13.9 Å². The number of nitrogens with zero attached hydrogens (tertiary/aromatic N) is 2. The zero-order valence-electron chi connectivity index (χ0n) is 22.4. The first-order valence-corrected chi connectivity index (χ1v) is 14.7. The van der Waals surface area contributed by atoms with Crippen molar-refractivity contribution in [3.63, 3.8) is 0 Å². The maximum atomic E-state index is 13.8. The molecule has 0 heterocycles. The number of benzene rings is 2. The first-order valence-electron chi connectivity index (χ1n) is 12.8. The zero-order valence-corrected chi connectivity index (χ0v) is 23.3. The molecule has 202 valence electrons. The van der Waals surface area contributed by atoms with Gasteiger partial charge in [0.25, 0.3) is 0 Å². The number of methoxy groups -OCH3 is 1. The number of amides is 2. The van der Waals surface area contributed by atoms with Crippen LogP contribution in [0.3, 0.4) is 0 Å². The number of anilines is 1. The molecule has 37 heavy (non-hydrogen) atoms. The van der Waals surface area contributed by atoms with Gasteiger partial charge in [0.2, 0.25) is 21.8 Å². The van der Waals surface area contributed by atoms with Crippen molar-refractivity contribution < 1.29 is 22.7 Å². The van der Waals surface area contributed by atoms with E-state index in [1.165, 1.54) is 4.90 Å². The molecule has 2 aromatic rings. The molecule has 1 N–H and O–H groups in total. The quantitative estimate of drug-likeness (QED) is 0.474. The Labute approximate surface area is 221 Å². The number of ether oxygens (including phenoxy) is 1. The predicted octanol–water partition coefficient (Wildman–Crippen LogP) is 4.06. The summed E-state index contributed by atoms with van der Waals surface area (Å²) in [5.41, 5.74) is 2.08. The molecule has 0 aromatic heterocycles. The molecule has 1 atom stereocenters. The molecule has 1 aliphatic carbocycles. The Morgan fingerprint density at radius 1 is 1.05 bits per heavy atom. The van der Waals surface area contributed by atoms with E-state index in [0.717, 1.165) is 47.4 Å². The molecular weight excluding hydrogens is 490 g/mol. The summed E-state index contributed by atoms with van der Waals surface area (Å²) in [6, 6.07) is 13.8. The lowest BCUT2D eigenvalue weighted by atomic mass is 10.0. The molecule has 1 aliphatic rings. The Morgan fingerprint density at radius 3 is 2.35 bits per heavy atom. The minimum atomic E-state index is -3.79. The topological polar surface area (TPSA) is 96.0 Å². The normalized spacial score (nSPS) is 14.9. The summed E-state index contributed by atoms with van der Waals surface area (Å²) in [5, 5.41) is 3.07. The lowest BCUT2D eigenvalue weighted by molar-refractivity contribution is -0.139. The minimum absolute atomic E-state index is 0.0551. The molecule has 3 rings (SSSR count). The molecule has 1 unspecified atom stereocenters. The van der Waals surface area contributed by atoms with Crippen molar-refractivity contribution >= 4 is 27.5 Å². The number of carbonyl (C=O) groups excluding carboxylic acids is 2. The summed E-state index contributed by atoms with van der Waals surface area (Å²) < 4.78 is 32.3. The van der Waals surface area contributed by atoms with Crippen LogP contribution >= 0.6 is 0 Å². The van der Waals surface area contributed by atoms with Gasteiger partial charge in [-0.1, -0.05) is 57.0 Å². The number of rotatable bonds is 11. The highest BCUT2D eigenvalue weighted by Gasteiger charge is 2.32. The number of para-hydroxylation sites is 1. The second-order valence-corrected chi connectivity index (χ2v) is 11.9. The molecule has 0 aliphatic heterocycles. The Morgan fingerprint density at radius 2 is 1.73 bits per heavy atom. The van der Waals surface area contributed by atoms with Gasteiger partial charge in [0.05, 0.1) is 19.1 Å². The minimum Gasteiger partial charge on any atom is -0.497 e. The summed E-state index contributed by atoms with van der Waals surface area (Å²) in [6.07, 6.45) is 5.10. The van der Waals surface area contributed by atoms with Crippen LogP contribution in [-0.4, -0.2) is 57.1 Å². The fourth-order valence-electron chi connectivity index (χ4n) is 4.74. The molecule has 0 saturated heterocycles. The highest BCUT2D eigenvalue weighted by atomic mass is 32.2. The van der Waals surface area contributed by atoms with E-state index >= 15 is 0 Å². The van der Waals surface area contributed by atoms with Crippen LogP contribution in [0.4, 0.5) is 5.69 Å². The average molecular weight is 530 g/mol. The number of sulfonamides is 1. The summed E-state index contributed by atoms with van der Waals surface area (Å²) in [6.45, 7) is 5.37. The molecule has 2 amide bonds. The third kappa shape index (κ3) is 7.47. The second kappa shape index (κ2) is 12.4. The van der Waals surface area contributed by atoms with Gasteiger partial charge in [-0.05, 0) is 55.0 Å². The van der Waals surface area contributed by atoms with Crippen molar-refractivity contribution in [3.8, 4) is 5.75 Å². The van der Waals surface area contributed by atoms with E-state index in [4.69, 9.17) is 4.74 Å². The number of hydrogen-bond donors (Lipinski definition) is 1. The van der Waals surface area contributed by atoms with Crippen molar-refractivity contribution in [2.45, 2.75) is 71.0 Å². The van der Waals surface area contributed by atoms with E-state index in [2.05, 4.69) is 5.32 Å². The fourth-order valence-corrected chi connectivity index (χ4v) is 5.61. The maximum Gasteiger partial charge on any atom is 0.244 e. The molecule has 9 heteroatoms. The Kier molecular flexibility index (Phi) is 9.59. The van der Waals surface area contributed by atoms with Gasteiger partial charge in [-0.15, -0.1) is 0 Å². The van der Waals surface area contributed by atoms with Gasteiger partial charge in [0.1, 0.15) is 18.3 Å². The first-order chi connectivity index (χ1) is 17.5. The van der Waals surface area contributed by atoms with Crippen LogP contribution in [0, 0.1) is 0 Å². The molecule has 0 spiro atoms. The van der Waals surface area contributed by atoms with Crippen molar-refractivity contribution in [1.82, 2.24) is 10.2 Å². The average Bonchev–Trinajstić information content (AvgIpc) is 3.37. The largest absolute Gasteiger partial charge is 0.497 e. The Bertz CT molecular complexity index is 1190. The van der Waals surface area contributed by atoms with Gasteiger partial charge in [0, 0.05) is 12.6 Å². The van der Waals surface area contributed by atoms with Crippen molar-refractivity contribution in [2.24, 2.45) is 0 Å². The molecule has 0 radical (unpaired) electrons. The van der Waals surface area contributed by atoms with Gasteiger partial charge in [0.15, 0.2) is 0 Å². The molecule has 0 bridgehead atoms. The third-order valence-electron chi connectivity index (χ3n) is 6.86. The van der Waals surface area contributed by atoms with Crippen LogP contribution in [0.5, 0.6) is 5.75 Å². The summed E-state index contributed by atoms with van der Waals surface area (Å²) >= 11 is 0. The molecule has 1 saturated carbocycles. The molecule has 2 aromatic carbocycles. The molecule has 1 fully saturated rings. The van der Waals surface area contributed by atoms with Crippen LogP contribution in [-0.2, 0) is 26.2 Å². The third-order valence-corrected chi connectivity index (χ3v) is 7.99.